The fourth-order valence-electron chi connectivity index (χ4n) is 3.51. The van der Waals surface area contributed by atoms with Gasteiger partial charge < -0.3 is 9.47 Å². The number of aryl methyl sites for hydroxylation is 1. The van der Waals surface area contributed by atoms with Crippen LogP contribution in [-0.4, -0.2) is 25.7 Å². The first-order valence-electron chi connectivity index (χ1n) is 8.72. The van der Waals surface area contributed by atoms with Crippen LogP contribution in [0.2, 0.25) is 0 Å². The Morgan fingerprint density at radius 1 is 1.08 bits per heavy atom. The molecule has 1 aliphatic rings. The maximum absolute atomic E-state index is 5.60. The van der Waals surface area contributed by atoms with E-state index in [1.165, 1.54) is 41.0 Å². The number of rotatable bonds is 5. The van der Waals surface area contributed by atoms with E-state index in [1.54, 1.807) is 14.2 Å². The van der Waals surface area contributed by atoms with Crippen LogP contribution in [0.5, 0.6) is 11.5 Å². The number of benzene rings is 1. The quantitative estimate of drug-likeness (QED) is 0.744. The molecule has 1 aromatic heterocycles. The van der Waals surface area contributed by atoms with E-state index < -0.39 is 0 Å². The second-order valence-corrected chi connectivity index (χ2v) is 7.78. The van der Waals surface area contributed by atoms with Crippen molar-refractivity contribution in [2.24, 2.45) is 0 Å². The van der Waals surface area contributed by atoms with Gasteiger partial charge in [0.1, 0.15) is 11.5 Å². The maximum Gasteiger partial charge on any atom is 0.127 e. The second kappa shape index (κ2) is 8.04. The molecule has 0 N–H and O–H groups in total. The highest BCUT2D eigenvalue weighted by Gasteiger charge is 2.24. The van der Waals surface area contributed by atoms with Gasteiger partial charge in [-0.1, -0.05) is 18.9 Å². The predicted octanol–water partition coefficient (Wildman–Crippen LogP) is 5.19. The Morgan fingerprint density at radius 2 is 1.96 bits per heavy atom. The molecule has 4 heteroatoms. The van der Waals surface area contributed by atoms with Crippen LogP contribution in [0, 0.1) is 6.92 Å². The zero-order chi connectivity index (χ0) is 16.9. The number of thiophene rings is 1. The summed E-state index contributed by atoms with van der Waals surface area (Å²) < 4.78 is 10.9. The van der Waals surface area contributed by atoms with Crippen molar-refractivity contribution in [2.45, 2.75) is 45.2 Å². The van der Waals surface area contributed by atoms with E-state index in [9.17, 15) is 0 Å². The SMILES string of the molecule is COc1ccc(CN2CCCCCC2c2ccc(C)s2)c(OC)c1. The van der Waals surface area contributed by atoms with Gasteiger partial charge in [0.25, 0.3) is 0 Å². The van der Waals surface area contributed by atoms with Crippen molar-refractivity contribution in [3.05, 3.63) is 45.6 Å². The lowest BCUT2D eigenvalue weighted by Crippen LogP contribution is -2.27. The molecule has 0 spiro atoms. The van der Waals surface area contributed by atoms with E-state index >= 15 is 0 Å². The molecule has 1 aliphatic heterocycles. The molecule has 2 aromatic rings. The molecule has 1 atom stereocenters. The first-order valence-corrected chi connectivity index (χ1v) is 9.54. The van der Waals surface area contributed by atoms with Gasteiger partial charge in [-0.2, -0.15) is 0 Å². The van der Waals surface area contributed by atoms with Crippen molar-refractivity contribution in [1.82, 2.24) is 4.90 Å². The van der Waals surface area contributed by atoms with E-state index in [0.717, 1.165) is 24.6 Å². The number of hydrogen-bond acceptors (Lipinski definition) is 4. The first-order chi connectivity index (χ1) is 11.7. The van der Waals surface area contributed by atoms with Gasteiger partial charge in [-0.15, -0.1) is 11.3 Å². The Hall–Kier alpha value is -1.52. The average Bonchev–Trinajstić information content (AvgIpc) is 2.90. The van der Waals surface area contributed by atoms with Gasteiger partial charge in [0.2, 0.25) is 0 Å². The number of nitrogens with zero attached hydrogens (tertiary/aromatic N) is 1. The third-order valence-corrected chi connectivity index (χ3v) is 5.92. The number of hydrogen-bond donors (Lipinski definition) is 0. The van der Waals surface area contributed by atoms with E-state index in [0.29, 0.717) is 6.04 Å². The average molecular weight is 346 g/mol. The summed E-state index contributed by atoms with van der Waals surface area (Å²) in [6.45, 7) is 4.27. The molecule has 0 radical (unpaired) electrons. The van der Waals surface area contributed by atoms with Gasteiger partial charge in [-0.05, 0) is 44.5 Å². The third-order valence-electron chi connectivity index (χ3n) is 4.82. The summed E-state index contributed by atoms with van der Waals surface area (Å²) in [7, 11) is 3.43. The van der Waals surface area contributed by atoms with Crippen LogP contribution < -0.4 is 9.47 Å². The van der Waals surface area contributed by atoms with Crippen LogP contribution in [0.25, 0.3) is 0 Å². The van der Waals surface area contributed by atoms with Gasteiger partial charge in [0.05, 0.1) is 14.2 Å². The zero-order valence-electron chi connectivity index (χ0n) is 14.9. The predicted molar refractivity (Wildman–Crippen MR) is 100 cm³/mol. The zero-order valence-corrected chi connectivity index (χ0v) is 15.7. The Bertz CT molecular complexity index is 667. The largest absolute Gasteiger partial charge is 0.497 e. The lowest BCUT2D eigenvalue weighted by Gasteiger charge is -2.30. The third kappa shape index (κ3) is 3.93. The minimum atomic E-state index is 0.526. The van der Waals surface area contributed by atoms with Gasteiger partial charge in [0.15, 0.2) is 0 Å². The second-order valence-electron chi connectivity index (χ2n) is 6.46. The molecule has 1 aromatic carbocycles. The van der Waals surface area contributed by atoms with Gasteiger partial charge in [0, 0.05) is 34.0 Å². The highest BCUT2D eigenvalue weighted by molar-refractivity contribution is 7.12. The molecular formula is C20H27NO2S. The molecule has 130 valence electrons. The highest BCUT2D eigenvalue weighted by atomic mass is 32.1. The molecule has 2 heterocycles. The first kappa shape index (κ1) is 17.3. The minimum Gasteiger partial charge on any atom is -0.497 e. The topological polar surface area (TPSA) is 21.7 Å². The van der Waals surface area contributed by atoms with Crippen molar-refractivity contribution in [1.29, 1.82) is 0 Å². The summed E-state index contributed by atoms with van der Waals surface area (Å²) >= 11 is 1.94. The Balaban J connectivity index is 1.85. The van der Waals surface area contributed by atoms with E-state index in [4.69, 9.17) is 9.47 Å². The van der Waals surface area contributed by atoms with Crippen molar-refractivity contribution >= 4 is 11.3 Å². The number of ether oxygens (including phenoxy) is 2. The van der Waals surface area contributed by atoms with Crippen molar-refractivity contribution in [2.75, 3.05) is 20.8 Å². The molecule has 0 saturated carbocycles. The fourth-order valence-corrected chi connectivity index (χ4v) is 4.56. The van der Waals surface area contributed by atoms with E-state index in [2.05, 4.69) is 30.0 Å². The van der Waals surface area contributed by atoms with Crippen LogP contribution in [0.1, 0.15) is 47.0 Å². The lowest BCUT2D eigenvalue weighted by molar-refractivity contribution is 0.193. The molecule has 0 aliphatic carbocycles. The molecule has 1 saturated heterocycles. The van der Waals surface area contributed by atoms with Crippen molar-refractivity contribution in [3.63, 3.8) is 0 Å². The summed E-state index contributed by atoms with van der Waals surface area (Å²) in [5.74, 6) is 1.76. The van der Waals surface area contributed by atoms with Crippen LogP contribution in [-0.2, 0) is 6.54 Å². The highest BCUT2D eigenvalue weighted by Crippen LogP contribution is 2.36. The van der Waals surface area contributed by atoms with Crippen LogP contribution in [0.4, 0.5) is 0 Å². The van der Waals surface area contributed by atoms with E-state index in [-0.39, 0.29) is 0 Å². The minimum absolute atomic E-state index is 0.526. The molecular weight excluding hydrogens is 318 g/mol. The van der Waals surface area contributed by atoms with E-state index in [1.807, 2.05) is 23.5 Å². The Kier molecular flexibility index (Phi) is 5.80. The Morgan fingerprint density at radius 3 is 2.67 bits per heavy atom. The summed E-state index contributed by atoms with van der Waals surface area (Å²) in [6, 6.07) is 11.2. The molecule has 0 amide bonds. The molecule has 24 heavy (non-hydrogen) atoms. The van der Waals surface area contributed by atoms with Crippen LogP contribution in [0.3, 0.4) is 0 Å². The molecule has 3 nitrogen and oxygen atoms in total. The molecule has 3 rings (SSSR count). The number of methoxy groups -OCH3 is 2. The van der Waals surface area contributed by atoms with Crippen LogP contribution in [0.15, 0.2) is 30.3 Å². The summed E-state index contributed by atoms with van der Waals surface area (Å²) in [5, 5.41) is 0. The van der Waals surface area contributed by atoms with Gasteiger partial charge in [-0.3, -0.25) is 4.90 Å². The molecule has 0 bridgehead atoms. The van der Waals surface area contributed by atoms with Crippen LogP contribution >= 0.6 is 11.3 Å². The fraction of sp³-hybridized carbons (Fsp3) is 0.500. The van der Waals surface area contributed by atoms with Crippen molar-refractivity contribution < 1.29 is 9.47 Å². The molecule has 1 unspecified atom stereocenters. The normalized spacial score (nSPS) is 19.0. The van der Waals surface area contributed by atoms with Gasteiger partial charge in [-0.25, -0.2) is 0 Å². The molecule has 1 fully saturated rings. The smallest absolute Gasteiger partial charge is 0.127 e. The Labute approximate surface area is 149 Å². The summed E-state index contributed by atoms with van der Waals surface area (Å²) in [6.07, 6.45) is 5.17. The standard InChI is InChI=1S/C20H27NO2S/c1-15-8-11-20(24-15)18-7-5-4-6-12-21(18)14-16-9-10-17(22-2)13-19(16)23-3/h8-11,13,18H,4-7,12,14H2,1-3H3. The summed E-state index contributed by atoms with van der Waals surface area (Å²) in [5.41, 5.74) is 1.23. The lowest BCUT2D eigenvalue weighted by atomic mass is 10.1. The summed E-state index contributed by atoms with van der Waals surface area (Å²) in [4.78, 5) is 5.53. The number of likely N-dealkylation sites (tertiary alicyclic amines) is 1. The van der Waals surface area contributed by atoms with Crippen molar-refractivity contribution in [3.8, 4) is 11.5 Å². The van der Waals surface area contributed by atoms with Gasteiger partial charge >= 0.3 is 0 Å². The monoisotopic (exact) mass is 345 g/mol. The maximum atomic E-state index is 5.60.